The van der Waals surface area contributed by atoms with Crippen LogP contribution in [-0.4, -0.2) is 71.2 Å². The number of ether oxygens (including phenoxy) is 1. The molecule has 1 aromatic heterocycles. The second-order valence-corrected chi connectivity index (χ2v) is 9.10. The summed E-state index contributed by atoms with van der Waals surface area (Å²) in [6.45, 7) is 2.50. The van der Waals surface area contributed by atoms with Crippen LogP contribution in [0.2, 0.25) is 0 Å². The van der Waals surface area contributed by atoms with Gasteiger partial charge in [-0.1, -0.05) is 42.5 Å². The third-order valence-electron chi connectivity index (χ3n) is 7.30. The van der Waals surface area contributed by atoms with Crippen LogP contribution < -0.4 is 4.74 Å². The average molecular weight is 458 g/mol. The summed E-state index contributed by atoms with van der Waals surface area (Å²) in [4.78, 5) is 21.6. The molecule has 2 aliphatic rings. The van der Waals surface area contributed by atoms with E-state index in [2.05, 4.69) is 40.2 Å². The zero-order valence-corrected chi connectivity index (χ0v) is 19.5. The van der Waals surface area contributed by atoms with Gasteiger partial charge in [0.25, 0.3) is 5.91 Å². The van der Waals surface area contributed by atoms with Gasteiger partial charge in [0.2, 0.25) is 0 Å². The van der Waals surface area contributed by atoms with Crippen LogP contribution in [0.1, 0.15) is 34.7 Å². The number of para-hydroxylation sites is 1. The average Bonchev–Trinajstić information content (AvgIpc) is 2.88. The van der Waals surface area contributed by atoms with Gasteiger partial charge in [-0.15, -0.1) is 0 Å². The van der Waals surface area contributed by atoms with Crippen molar-refractivity contribution in [3.63, 3.8) is 0 Å². The number of fused-ring (bicyclic) bond motifs is 1. The van der Waals surface area contributed by atoms with Gasteiger partial charge in [-0.25, -0.2) is 0 Å². The number of pyridine rings is 1. The number of nitrogens with zero attached hydrogens (tertiary/aromatic N) is 3. The molecule has 2 fully saturated rings. The largest absolute Gasteiger partial charge is 0.496 e. The number of carbonyl (C=O) groups is 1. The Hall–Kier alpha value is -3.22. The molecule has 0 aliphatic carbocycles. The molecule has 1 amide bonds. The molecule has 3 heterocycles. The first-order valence-electron chi connectivity index (χ1n) is 12.0. The number of amides is 1. The number of rotatable bonds is 5. The van der Waals surface area contributed by atoms with Gasteiger partial charge in [-0.3, -0.25) is 14.7 Å². The van der Waals surface area contributed by atoms with Crippen molar-refractivity contribution in [3.8, 4) is 16.9 Å². The number of aromatic nitrogens is 1. The lowest BCUT2D eigenvalue weighted by atomic mass is 9.74. The Kier molecular flexibility index (Phi) is 6.61. The van der Waals surface area contributed by atoms with Gasteiger partial charge < -0.3 is 14.7 Å². The van der Waals surface area contributed by atoms with Crippen molar-refractivity contribution in [2.75, 3.05) is 33.4 Å². The monoisotopic (exact) mass is 457 g/mol. The van der Waals surface area contributed by atoms with Crippen molar-refractivity contribution in [1.82, 2.24) is 14.8 Å². The molecule has 6 heteroatoms. The highest BCUT2D eigenvalue weighted by Gasteiger charge is 2.49. The number of aliphatic hydroxyl groups excluding tert-OH is 1. The lowest BCUT2D eigenvalue weighted by Crippen LogP contribution is -2.67. The van der Waals surface area contributed by atoms with Crippen LogP contribution in [0, 0.1) is 0 Å². The van der Waals surface area contributed by atoms with E-state index < -0.39 is 0 Å². The van der Waals surface area contributed by atoms with Gasteiger partial charge in [0.05, 0.1) is 13.7 Å². The fourth-order valence-corrected chi connectivity index (χ4v) is 5.57. The number of hydrogen-bond donors (Lipinski definition) is 1. The SMILES string of the molecule is COc1ccccc1-c1ccc([C@@H]2[C@@H](CO)N3CCCCN(C(=O)c4ccncc4)C[C@@H]23)cc1. The molecule has 2 saturated heterocycles. The maximum atomic E-state index is 13.2. The van der Waals surface area contributed by atoms with E-state index in [4.69, 9.17) is 4.74 Å². The smallest absolute Gasteiger partial charge is 0.254 e. The summed E-state index contributed by atoms with van der Waals surface area (Å²) in [5, 5.41) is 10.2. The molecule has 0 saturated carbocycles. The molecule has 2 aliphatic heterocycles. The Morgan fingerprint density at radius 3 is 2.50 bits per heavy atom. The van der Waals surface area contributed by atoms with E-state index in [1.807, 2.05) is 23.1 Å². The number of hydrogen-bond acceptors (Lipinski definition) is 5. The van der Waals surface area contributed by atoms with Crippen LogP contribution in [0.5, 0.6) is 5.75 Å². The van der Waals surface area contributed by atoms with Crippen LogP contribution in [-0.2, 0) is 0 Å². The van der Waals surface area contributed by atoms with E-state index in [0.29, 0.717) is 12.1 Å². The quantitative estimate of drug-likeness (QED) is 0.631. The molecule has 0 unspecified atom stereocenters. The maximum Gasteiger partial charge on any atom is 0.254 e. The van der Waals surface area contributed by atoms with Crippen LogP contribution >= 0.6 is 0 Å². The topological polar surface area (TPSA) is 65.9 Å². The van der Waals surface area contributed by atoms with Gasteiger partial charge in [0.1, 0.15) is 5.75 Å². The first-order chi connectivity index (χ1) is 16.7. The third kappa shape index (κ3) is 4.19. The Morgan fingerprint density at radius 2 is 1.76 bits per heavy atom. The van der Waals surface area contributed by atoms with Crippen LogP contribution in [0.4, 0.5) is 0 Å². The van der Waals surface area contributed by atoms with Crippen LogP contribution in [0.15, 0.2) is 73.1 Å². The number of methoxy groups -OCH3 is 1. The molecule has 5 rings (SSSR count). The third-order valence-corrected chi connectivity index (χ3v) is 7.30. The molecular weight excluding hydrogens is 426 g/mol. The Morgan fingerprint density at radius 1 is 1.03 bits per heavy atom. The fourth-order valence-electron chi connectivity index (χ4n) is 5.57. The van der Waals surface area contributed by atoms with E-state index in [-0.39, 0.29) is 30.5 Å². The number of benzene rings is 2. The fraction of sp³-hybridized carbons (Fsp3) is 0.357. The molecule has 34 heavy (non-hydrogen) atoms. The highest BCUT2D eigenvalue weighted by Crippen LogP contribution is 2.42. The molecule has 3 atom stereocenters. The van der Waals surface area contributed by atoms with E-state index in [1.165, 1.54) is 5.56 Å². The van der Waals surface area contributed by atoms with E-state index in [9.17, 15) is 9.90 Å². The van der Waals surface area contributed by atoms with Crippen LogP contribution in [0.3, 0.4) is 0 Å². The molecule has 176 valence electrons. The van der Waals surface area contributed by atoms with Gasteiger partial charge in [0, 0.05) is 54.6 Å². The summed E-state index contributed by atoms with van der Waals surface area (Å²) in [5.41, 5.74) is 4.05. The second-order valence-electron chi connectivity index (χ2n) is 9.10. The van der Waals surface area contributed by atoms with Gasteiger partial charge in [-0.05, 0) is 48.7 Å². The standard InChI is InChI=1S/C28H31N3O3/c1-34-26-7-3-2-6-23(26)20-8-10-21(11-9-20)27-24-18-30(28(33)22-12-14-29-15-13-22)16-4-5-17-31(24)25(27)19-32/h2-3,6-15,24-25,27,32H,4-5,16-19H2,1H3/t24-,25+,27-/m0/s1. The van der Waals surface area contributed by atoms with Crippen molar-refractivity contribution < 1.29 is 14.6 Å². The lowest BCUT2D eigenvalue weighted by Gasteiger charge is -2.57. The summed E-state index contributed by atoms with van der Waals surface area (Å²) < 4.78 is 5.53. The van der Waals surface area contributed by atoms with Gasteiger partial charge in [-0.2, -0.15) is 0 Å². The molecular formula is C28H31N3O3. The Labute approximate surface area is 200 Å². The summed E-state index contributed by atoms with van der Waals surface area (Å²) in [7, 11) is 1.69. The predicted molar refractivity (Wildman–Crippen MR) is 132 cm³/mol. The molecule has 0 bridgehead atoms. The highest BCUT2D eigenvalue weighted by molar-refractivity contribution is 5.94. The second kappa shape index (κ2) is 9.95. The zero-order valence-electron chi connectivity index (χ0n) is 19.5. The highest BCUT2D eigenvalue weighted by atomic mass is 16.5. The minimum atomic E-state index is 0.0574. The minimum absolute atomic E-state index is 0.0574. The summed E-state index contributed by atoms with van der Waals surface area (Å²) >= 11 is 0. The first-order valence-corrected chi connectivity index (χ1v) is 12.0. The van der Waals surface area contributed by atoms with Gasteiger partial charge >= 0.3 is 0 Å². The van der Waals surface area contributed by atoms with Crippen LogP contribution in [0.25, 0.3) is 11.1 Å². The summed E-state index contributed by atoms with van der Waals surface area (Å²) in [6, 6.07) is 20.5. The number of carbonyl (C=O) groups excluding carboxylic acids is 1. The zero-order chi connectivity index (χ0) is 23.5. The molecule has 1 N–H and O–H groups in total. The van der Waals surface area contributed by atoms with E-state index in [0.717, 1.165) is 42.8 Å². The molecule has 3 aromatic rings. The summed E-state index contributed by atoms with van der Waals surface area (Å²) in [5.74, 6) is 1.09. The van der Waals surface area contributed by atoms with E-state index in [1.54, 1.807) is 31.6 Å². The summed E-state index contributed by atoms with van der Waals surface area (Å²) in [6.07, 6.45) is 5.32. The molecule has 2 aromatic carbocycles. The van der Waals surface area contributed by atoms with Gasteiger partial charge in [0.15, 0.2) is 0 Å². The van der Waals surface area contributed by atoms with Crippen molar-refractivity contribution >= 4 is 5.91 Å². The Bertz CT molecular complexity index is 1120. The normalized spacial score (nSPS) is 22.8. The molecule has 6 nitrogen and oxygen atoms in total. The van der Waals surface area contributed by atoms with Crippen molar-refractivity contribution in [3.05, 3.63) is 84.2 Å². The molecule has 0 radical (unpaired) electrons. The minimum Gasteiger partial charge on any atom is -0.496 e. The predicted octanol–water partition coefficient (Wildman–Crippen LogP) is 3.82. The number of aliphatic hydroxyl groups is 1. The van der Waals surface area contributed by atoms with Crippen molar-refractivity contribution in [2.45, 2.75) is 30.8 Å². The first kappa shape index (κ1) is 22.6. The lowest BCUT2D eigenvalue weighted by molar-refractivity contribution is -0.0606. The Balaban J connectivity index is 1.40. The maximum absolute atomic E-state index is 13.2. The molecule has 0 spiro atoms. The van der Waals surface area contributed by atoms with Crippen molar-refractivity contribution in [2.24, 2.45) is 0 Å². The van der Waals surface area contributed by atoms with E-state index >= 15 is 0 Å². The van der Waals surface area contributed by atoms with Crippen molar-refractivity contribution in [1.29, 1.82) is 0 Å².